The van der Waals surface area contributed by atoms with E-state index >= 15 is 0 Å². The maximum absolute atomic E-state index is 11.7. The average Bonchev–Trinajstić information content (AvgIpc) is 2.36. The van der Waals surface area contributed by atoms with Crippen molar-refractivity contribution in [2.24, 2.45) is 0 Å². The molecule has 1 heterocycles. The second kappa shape index (κ2) is 5.27. The molecule has 0 saturated carbocycles. The van der Waals surface area contributed by atoms with E-state index in [4.69, 9.17) is 16.3 Å². The van der Waals surface area contributed by atoms with Crippen molar-refractivity contribution in [3.05, 3.63) is 28.8 Å². The van der Waals surface area contributed by atoms with Gasteiger partial charge in [-0.15, -0.1) is 0 Å². The summed E-state index contributed by atoms with van der Waals surface area (Å²) in [7, 11) is 1.54. The zero-order chi connectivity index (χ0) is 13.1. The molecule has 0 radical (unpaired) electrons. The van der Waals surface area contributed by atoms with Crippen molar-refractivity contribution < 1.29 is 14.3 Å². The van der Waals surface area contributed by atoms with E-state index in [0.717, 1.165) is 0 Å². The van der Waals surface area contributed by atoms with Gasteiger partial charge in [-0.1, -0.05) is 17.7 Å². The highest BCUT2D eigenvalue weighted by atomic mass is 35.5. The van der Waals surface area contributed by atoms with Crippen LogP contribution < -0.4 is 10.1 Å². The number of nitrogens with one attached hydrogen (secondary N) is 1. The van der Waals surface area contributed by atoms with Crippen molar-refractivity contribution in [1.29, 1.82) is 0 Å². The van der Waals surface area contributed by atoms with E-state index in [9.17, 15) is 9.59 Å². The highest BCUT2D eigenvalue weighted by molar-refractivity contribution is 6.31. The molecule has 6 heteroatoms. The molecule has 0 aromatic heterocycles. The van der Waals surface area contributed by atoms with Crippen molar-refractivity contribution in [3.8, 4) is 5.75 Å². The van der Waals surface area contributed by atoms with Crippen molar-refractivity contribution in [3.63, 3.8) is 0 Å². The minimum absolute atomic E-state index is 0.0333. The monoisotopic (exact) mass is 268 g/mol. The summed E-state index contributed by atoms with van der Waals surface area (Å²) in [6.07, 6.45) is 0. The Bertz CT molecular complexity index is 490. The Morgan fingerprint density at radius 1 is 1.44 bits per heavy atom. The number of hydrogen-bond acceptors (Lipinski definition) is 3. The minimum Gasteiger partial charge on any atom is -0.496 e. The molecular weight excluding hydrogens is 256 g/mol. The Morgan fingerprint density at radius 3 is 2.94 bits per heavy atom. The maximum atomic E-state index is 11.7. The van der Waals surface area contributed by atoms with Gasteiger partial charge >= 0.3 is 0 Å². The smallest absolute Gasteiger partial charge is 0.242 e. The summed E-state index contributed by atoms with van der Waals surface area (Å²) >= 11 is 6.09. The molecule has 0 spiro atoms. The van der Waals surface area contributed by atoms with Gasteiger partial charge < -0.3 is 15.0 Å². The zero-order valence-electron chi connectivity index (χ0n) is 9.90. The summed E-state index contributed by atoms with van der Waals surface area (Å²) in [5.74, 6) is 0.318. The first-order chi connectivity index (χ1) is 8.61. The van der Waals surface area contributed by atoms with E-state index in [1.54, 1.807) is 25.3 Å². The fourth-order valence-corrected chi connectivity index (χ4v) is 2.05. The van der Waals surface area contributed by atoms with Crippen LogP contribution in [0.15, 0.2) is 18.2 Å². The van der Waals surface area contributed by atoms with Crippen LogP contribution in [0.4, 0.5) is 0 Å². The van der Waals surface area contributed by atoms with E-state index in [0.29, 0.717) is 16.3 Å². The molecule has 0 atom stereocenters. The molecule has 96 valence electrons. The molecule has 0 bridgehead atoms. The van der Waals surface area contributed by atoms with Crippen molar-refractivity contribution in [1.82, 2.24) is 10.2 Å². The minimum atomic E-state index is -0.166. The molecule has 1 fully saturated rings. The maximum Gasteiger partial charge on any atom is 0.242 e. The Balaban J connectivity index is 2.22. The standard InChI is InChI=1S/C12H13ClN2O3/c1-18-10-4-2-3-9(13)8(10)6-15-7-11(16)14-5-12(15)17/h2-4H,5-7H2,1H3,(H,14,16). The highest BCUT2D eigenvalue weighted by Crippen LogP contribution is 2.27. The molecule has 1 aliphatic rings. The number of carbonyl (C=O) groups is 2. The lowest BCUT2D eigenvalue weighted by Gasteiger charge is -2.27. The Kier molecular flexibility index (Phi) is 3.72. The number of rotatable bonds is 3. The van der Waals surface area contributed by atoms with E-state index in [1.807, 2.05) is 0 Å². The first kappa shape index (κ1) is 12.7. The SMILES string of the molecule is COc1cccc(Cl)c1CN1CC(=O)NCC1=O. The van der Waals surface area contributed by atoms with Crippen LogP contribution in [0.2, 0.25) is 5.02 Å². The third kappa shape index (κ3) is 2.56. The van der Waals surface area contributed by atoms with E-state index < -0.39 is 0 Å². The molecule has 18 heavy (non-hydrogen) atoms. The van der Waals surface area contributed by atoms with Crippen LogP contribution in [0.5, 0.6) is 5.75 Å². The first-order valence-electron chi connectivity index (χ1n) is 5.47. The van der Waals surface area contributed by atoms with Crippen molar-refractivity contribution in [2.45, 2.75) is 6.54 Å². The number of nitrogens with zero attached hydrogens (tertiary/aromatic N) is 1. The van der Waals surface area contributed by atoms with Gasteiger partial charge in [-0.2, -0.15) is 0 Å². The van der Waals surface area contributed by atoms with Crippen molar-refractivity contribution >= 4 is 23.4 Å². The van der Waals surface area contributed by atoms with Crippen LogP contribution >= 0.6 is 11.6 Å². The first-order valence-corrected chi connectivity index (χ1v) is 5.85. The number of amides is 2. The number of hydrogen-bond donors (Lipinski definition) is 1. The lowest BCUT2D eigenvalue weighted by atomic mass is 10.1. The normalized spacial score (nSPS) is 15.6. The quantitative estimate of drug-likeness (QED) is 0.882. The predicted octanol–water partition coefficient (Wildman–Crippen LogP) is 0.807. The summed E-state index contributed by atoms with van der Waals surface area (Å²) in [5.41, 5.74) is 0.713. The summed E-state index contributed by atoms with van der Waals surface area (Å²) in [6.45, 7) is 0.355. The number of methoxy groups -OCH3 is 1. The Morgan fingerprint density at radius 2 is 2.22 bits per heavy atom. The van der Waals surface area contributed by atoms with Crippen LogP contribution in [-0.2, 0) is 16.1 Å². The third-order valence-corrected chi connectivity index (χ3v) is 3.12. The second-order valence-electron chi connectivity index (χ2n) is 3.95. The molecule has 2 rings (SSSR count). The van der Waals surface area contributed by atoms with Gasteiger partial charge in [-0.3, -0.25) is 9.59 Å². The second-order valence-corrected chi connectivity index (χ2v) is 4.35. The molecule has 0 unspecified atom stereocenters. The van der Waals surface area contributed by atoms with Gasteiger partial charge in [0.25, 0.3) is 0 Å². The fourth-order valence-electron chi connectivity index (χ4n) is 1.82. The van der Waals surface area contributed by atoms with Crippen LogP contribution in [0.3, 0.4) is 0 Å². The fraction of sp³-hybridized carbons (Fsp3) is 0.333. The van der Waals surface area contributed by atoms with Gasteiger partial charge in [0.05, 0.1) is 26.7 Å². The summed E-state index contributed by atoms with van der Waals surface area (Å²) in [4.78, 5) is 24.4. The molecule has 1 aromatic rings. The number of ether oxygens (including phenoxy) is 1. The topological polar surface area (TPSA) is 58.6 Å². The number of halogens is 1. The Hall–Kier alpha value is -1.75. The highest BCUT2D eigenvalue weighted by Gasteiger charge is 2.24. The van der Waals surface area contributed by atoms with E-state index in [1.165, 1.54) is 4.90 Å². The summed E-state index contributed by atoms with van der Waals surface area (Å²) in [6, 6.07) is 5.28. The number of benzene rings is 1. The van der Waals surface area contributed by atoms with Gasteiger partial charge in [-0.05, 0) is 12.1 Å². The Labute approximate surface area is 110 Å². The molecule has 5 nitrogen and oxygen atoms in total. The number of piperazine rings is 1. The third-order valence-electron chi connectivity index (χ3n) is 2.77. The van der Waals surface area contributed by atoms with Gasteiger partial charge in [0, 0.05) is 10.6 Å². The van der Waals surface area contributed by atoms with Crippen LogP contribution in [-0.4, -0.2) is 36.9 Å². The van der Waals surface area contributed by atoms with Gasteiger partial charge in [0.1, 0.15) is 5.75 Å². The lowest BCUT2D eigenvalue weighted by molar-refractivity contribution is -0.141. The molecule has 1 aliphatic heterocycles. The predicted molar refractivity (Wildman–Crippen MR) is 66.4 cm³/mol. The van der Waals surface area contributed by atoms with Crippen LogP contribution in [0.1, 0.15) is 5.56 Å². The van der Waals surface area contributed by atoms with E-state index in [2.05, 4.69) is 5.32 Å². The molecule has 0 aliphatic carbocycles. The van der Waals surface area contributed by atoms with Gasteiger partial charge in [-0.25, -0.2) is 0 Å². The van der Waals surface area contributed by atoms with Crippen LogP contribution in [0, 0.1) is 0 Å². The molecular formula is C12H13ClN2O3. The van der Waals surface area contributed by atoms with Crippen LogP contribution in [0.25, 0.3) is 0 Å². The van der Waals surface area contributed by atoms with E-state index in [-0.39, 0.29) is 31.4 Å². The summed E-state index contributed by atoms with van der Waals surface area (Å²) < 4.78 is 5.21. The molecule has 2 amide bonds. The van der Waals surface area contributed by atoms with Gasteiger partial charge in [0.2, 0.25) is 11.8 Å². The lowest BCUT2D eigenvalue weighted by Crippen LogP contribution is -2.51. The average molecular weight is 269 g/mol. The summed E-state index contributed by atoms with van der Waals surface area (Å²) in [5, 5.41) is 3.02. The zero-order valence-corrected chi connectivity index (χ0v) is 10.7. The molecule has 1 aromatic carbocycles. The van der Waals surface area contributed by atoms with Gasteiger partial charge in [0.15, 0.2) is 0 Å². The molecule has 1 saturated heterocycles. The number of carbonyl (C=O) groups excluding carboxylic acids is 2. The van der Waals surface area contributed by atoms with Crippen molar-refractivity contribution in [2.75, 3.05) is 20.2 Å². The molecule has 1 N–H and O–H groups in total. The largest absolute Gasteiger partial charge is 0.496 e.